The van der Waals surface area contributed by atoms with E-state index in [1.807, 2.05) is 12.1 Å². The van der Waals surface area contributed by atoms with Crippen molar-refractivity contribution in [1.29, 1.82) is 10.5 Å². The second-order valence-electron chi connectivity index (χ2n) is 6.87. The Balaban J connectivity index is 2.45. The Labute approximate surface area is 148 Å². The first kappa shape index (κ1) is 18.4. The van der Waals surface area contributed by atoms with Crippen LogP contribution in [0.2, 0.25) is 0 Å². The second kappa shape index (κ2) is 8.22. The van der Waals surface area contributed by atoms with Crippen LogP contribution in [0.4, 0.5) is 0 Å². The molecular weight excluding hydrogens is 320 g/mol. The van der Waals surface area contributed by atoms with Gasteiger partial charge in [0.1, 0.15) is 17.7 Å². The molecule has 0 aromatic rings. The van der Waals surface area contributed by atoms with Gasteiger partial charge in [0, 0.05) is 16.5 Å². The van der Waals surface area contributed by atoms with E-state index in [0.29, 0.717) is 28.9 Å². The molecule has 0 saturated heterocycles. The van der Waals surface area contributed by atoms with Crippen molar-refractivity contribution in [3.05, 3.63) is 22.8 Å². The molecule has 4 nitrogen and oxygen atoms in total. The summed E-state index contributed by atoms with van der Waals surface area (Å²) in [6.07, 6.45) is 11.6. The van der Waals surface area contributed by atoms with Gasteiger partial charge in [0.25, 0.3) is 0 Å². The molecule has 0 bridgehead atoms. The number of nitrogens with zero attached hydrogens (tertiary/aromatic N) is 2. The molecule has 1 spiro atoms. The molecular formula is C19H22N2O2S. The van der Waals surface area contributed by atoms with E-state index >= 15 is 0 Å². The Hall–Kier alpha value is -1.98. The zero-order valence-electron chi connectivity index (χ0n) is 13.8. The lowest BCUT2D eigenvalue weighted by molar-refractivity contribution is -0.131. The number of thiocarbonyl (C=S) groups is 1. The van der Waals surface area contributed by atoms with Crippen LogP contribution in [0.25, 0.3) is 0 Å². The van der Waals surface area contributed by atoms with E-state index in [4.69, 9.17) is 17.3 Å². The maximum absolute atomic E-state index is 11.1. The monoisotopic (exact) mass is 342 g/mol. The summed E-state index contributed by atoms with van der Waals surface area (Å²) in [5.41, 5.74) is 0.925. The van der Waals surface area contributed by atoms with Gasteiger partial charge in [-0.2, -0.15) is 10.5 Å². The van der Waals surface area contributed by atoms with Gasteiger partial charge >= 0.3 is 5.97 Å². The molecule has 24 heavy (non-hydrogen) atoms. The standard InChI is InChI=1S/C19H22N2O2S/c20-12-14(13-21)16-10-19(7-5-3-1-2-4-6-8-19)11-17(24)15(16)9-18(22)23/h9H,1-8,10-11H2,(H,22,23)/b15-9-. The largest absolute Gasteiger partial charge is 0.478 e. The predicted molar refractivity (Wildman–Crippen MR) is 95.2 cm³/mol. The van der Waals surface area contributed by atoms with Crippen molar-refractivity contribution >= 4 is 23.1 Å². The lowest BCUT2D eigenvalue weighted by atomic mass is 9.64. The maximum atomic E-state index is 11.1. The van der Waals surface area contributed by atoms with Crippen LogP contribution < -0.4 is 0 Å². The van der Waals surface area contributed by atoms with E-state index in [0.717, 1.165) is 31.8 Å². The van der Waals surface area contributed by atoms with Crippen molar-refractivity contribution in [2.75, 3.05) is 0 Å². The van der Waals surface area contributed by atoms with Crippen LogP contribution in [0.3, 0.4) is 0 Å². The first-order valence-corrected chi connectivity index (χ1v) is 8.94. The first-order chi connectivity index (χ1) is 11.5. The SMILES string of the molecule is N#CC(C#N)=C1CC2(CCCCCCCC2)CC(=S)/C1=C\C(=O)O. The molecule has 0 unspecified atom stereocenters. The molecule has 0 aliphatic heterocycles. The van der Waals surface area contributed by atoms with Crippen LogP contribution in [0.1, 0.15) is 64.2 Å². The van der Waals surface area contributed by atoms with Crippen molar-refractivity contribution in [3.8, 4) is 12.1 Å². The molecule has 2 saturated carbocycles. The molecule has 2 aliphatic carbocycles. The van der Waals surface area contributed by atoms with Gasteiger partial charge in [-0.1, -0.05) is 50.7 Å². The van der Waals surface area contributed by atoms with Crippen molar-refractivity contribution in [2.24, 2.45) is 5.41 Å². The molecule has 5 heteroatoms. The lowest BCUT2D eigenvalue weighted by Crippen LogP contribution is -2.32. The number of carboxylic acids is 1. The second-order valence-corrected chi connectivity index (χ2v) is 7.36. The molecule has 0 atom stereocenters. The van der Waals surface area contributed by atoms with Crippen molar-refractivity contribution in [2.45, 2.75) is 64.2 Å². The quantitative estimate of drug-likeness (QED) is 0.427. The third-order valence-corrected chi connectivity index (χ3v) is 5.53. The van der Waals surface area contributed by atoms with E-state index in [1.165, 1.54) is 25.7 Å². The molecule has 2 fully saturated rings. The number of rotatable bonds is 1. The summed E-state index contributed by atoms with van der Waals surface area (Å²) < 4.78 is 0. The summed E-state index contributed by atoms with van der Waals surface area (Å²) in [4.78, 5) is 11.7. The first-order valence-electron chi connectivity index (χ1n) is 8.53. The summed E-state index contributed by atoms with van der Waals surface area (Å²) in [7, 11) is 0. The Morgan fingerprint density at radius 2 is 1.58 bits per heavy atom. The minimum atomic E-state index is -1.09. The van der Waals surface area contributed by atoms with Crippen LogP contribution in [0.5, 0.6) is 0 Å². The highest BCUT2D eigenvalue weighted by Crippen LogP contribution is 2.49. The summed E-state index contributed by atoms with van der Waals surface area (Å²) in [5.74, 6) is -1.09. The van der Waals surface area contributed by atoms with E-state index in [1.54, 1.807) is 0 Å². The molecule has 0 amide bonds. The topological polar surface area (TPSA) is 84.9 Å². The highest BCUT2D eigenvalue weighted by Gasteiger charge is 2.39. The van der Waals surface area contributed by atoms with Crippen LogP contribution >= 0.6 is 12.2 Å². The summed E-state index contributed by atoms with van der Waals surface area (Å²) in [5, 5.41) is 27.7. The number of aliphatic carboxylic acids is 1. The average molecular weight is 342 g/mol. The predicted octanol–water partition coefficient (Wildman–Crippen LogP) is 4.63. The third-order valence-electron chi connectivity index (χ3n) is 5.17. The zero-order valence-corrected chi connectivity index (χ0v) is 14.6. The van der Waals surface area contributed by atoms with Crippen LogP contribution in [-0.2, 0) is 4.79 Å². The van der Waals surface area contributed by atoms with Gasteiger partial charge in [-0.3, -0.25) is 0 Å². The molecule has 2 aliphatic rings. The molecule has 2 rings (SSSR count). The Morgan fingerprint density at radius 3 is 2.08 bits per heavy atom. The highest BCUT2D eigenvalue weighted by atomic mass is 32.1. The highest BCUT2D eigenvalue weighted by molar-refractivity contribution is 7.80. The molecule has 0 aromatic carbocycles. The molecule has 0 aromatic heterocycles. The fourth-order valence-corrected chi connectivity index (χ4v) is 4.48. The van der Waals surface area contributed by atoms with Gasteiger partial charge < -0.3 is 5.11 Å². The molecule has 0 radical (unpaired) electrons. The van der Waals surface area contributed by atoms with Gasteiger partial charge in [-0.15, -0.1) is 0 Å². The van der Waals surface area contributed by atoms with Gasteiger partial charge in [0.2, 0.25) is 0 Å². The Morgan fingerprint density at radius 1 is 1.04 bits per heavy atom. The van der Waals surface area contributed by atoms with Crippen molar-refractivity contribution < 1.29 is 9.90 Å². The fourth-order valence-electron chi connectivity index (χ4n) is 4.00. The average Bonchev–Trinajstić information content (AvgIpc) is 2.64. The number of carbonyl (C=O) groups is 1. The minimum absolute atomic E-state index is 0.00352. The minimum Gasteiger partial charge on any atom is -0.478 e. The summed E-state index contributed by atoms with van der Waals surface area (Å²) in [6, 6.07) is 3.87. The zero-order chi connectivity index (χ0) is 17.6. The number of hydrogen-bond acceptors (Lipinski definition) is 4. The fraction of sp³-hybridized carbons (Fsp3) is 0.579. The molecule has 126 valence electrons. The smallest absolute Gasteiger partial charge is 0.328 e. The van der Waals surface area contributed by atoms with Crippen LogP contribution in [-0.4, -0.2) is 15.9 Å². The Bertz CT molecular complexity index is 650. The lowest BCUT2D eigenvalue weighted by Gasteiger charge is -2.40. The van der Waals surface area contributed by atoms with E-state index in [-0.39, 0.29) is 11.0 Å². The number of hydrogen-bond donors (Lipinski definition) is 1. The number of allylic oxidation sites excluding steroid dienone is 3. The summed E-state index contributed by atoms with van der Waals surface area (Å²) >= 11 is 5.52. The van der Waals surface area contributed by atoms with Crippen molar-refractivity contribution in [1.82, 2.24) is 0 Å². The van der Waals surface area contributed by atoms with Gasteiger partial charge in [-0.05, 0) is 36.7 Å². The Kier molecular flexibility index (Phi) is 6.29. The normalized spacial score (nSPS) is 22.8. The third kappa shape index (κ3) is 4.30. The van der Waals surface area contributed by atoms with Gasteiger partial charge in [0.05, 0.1) is 0 Å². The van der Waals surface area contributed by atoms with E-state index in [9.17, 15) is 15.3 Å². The molecule has 0 heterocycles. The van der Waals surface area contributed by atoms with E-state index < -0.39 is 5.97 Å². The number of carboxylic acid groups (broad SMARTS) is 1. The van der Waals surface area contributed by atoms with Crippen LogP contribution in [0.15, 0.2) is 22.8 Å². The van der Waals surface area contributed by atoms with Crippen molar-refractivity contribution in [3.63, 3.8) is 0 Å². The molecule has 1 N–H and O–H groups in total. The van der Waals surface area contributed by atoms with Crippen LogP contribution in [0, 0.1) is 28.1 Å². The van der Waals surface area contributed by atoms with E-state index in [2.05, 4.69) is 0 Å². The van der Waals surface area contributed by atoms with Gasteiger partial charge in [-0.25, -0.2) is 4.79 Å². The van der Waals surface area contributed by atoms with Gasteiger partial charge in [0.15, 0.2) is 0 Å². The maximum Gasteiger partial charge on any atom is 0.328 e. The summed E-state index contributed by atoms with van der Waals surface area (Å²) in [6.45, 7) is 0. The number of nitriles is 2.